The minimum atomic E-state index is 0.448. The van der Waals surface area contributed by atoms with E-state index in [-0.39, 0.29) is 0 Å². The van der Waals surface area contributed by atoms with Crippen LogP contribution in [0.5, 0.6) is 0 Å². The van der Waals surface area contributed by atoms with E-state index in [1.165, 1.54) is 0 Å². The van der Waals surface area contributed by atoms with Crippen molar-refractivity contribution in [2.24, 2.45) is 0 Å². The van der Waals surface area contributed by atoms with Gasteiger partial charge in [0.05, 0.1) is 0 Å². The van der Waals surface area contributed by atoms with Crippen molar-refractivity contribution >= 4 is 0 Å². The Kier molecular flexibility index (Phi) is 2.70. The van der Waals surface area contributed by atoms with Gasteiger partial charge in [-0.3, -0.25) is 4.98 Å². The van der Waals surface area contributed by atoms with Gasteiger partial charge in [0.25, 0.3) is 0 Å². The predicted molar refractivity (Wildman–Crippen MR) is 56.0 cm³/mol. The van der Waals surface area contributed by atoms with Crippen LogP contribution < -0.4 is 0 Å². The molecule has 0 atom stereocenters. The third-order valence-electron chi connectivity index (χ3n) is 2.05. The van der Waals surface area contributed by atoms with Crippen molar-refractivity contribution in [3.05, 3.63) is 59.7 Å². The van der Waals surface area contributed by atoms with Crippen molar-refractivity contribution in [2.45, 2.75) is 6.42 Å². The minimum Gasteiger partial charge on any atom is -0.261 e. The second-order valence-corrected chi connectivity index (χ2v) is 3.16. The first kappa shape index (κ1) is 9.35. The van der Waals surface area contributed by atoms with Gasteiger partial charge in [-0.05, 0) is 29.8 Å². The third kappa shape index (κ3) is 2.38. The molecule has 0 amide bonds. The molecule has 15 heavy (non-hydrogen) atoms. The van der Waals surface area contributed by atoms with E-state index in [9.17, 15) is 0 Å². The van der Waals surface area contributed by atoms with E-state index >= 15 is 0 Å². The van der Waals surface area contributed by atoms with Crippen LogP contribution >= 0.6 is 0 Å². The van der Waals surface area contributed by atoms with E-state index in [0.717, 1.165) is 17.7 Å². The molecule has 0 bridgehead atoms. The van der Waals surface area contributed by atoms with Crippen LogP contribution in [0.25, 0.3) is 0 Å². The Bertz CT molecular complexity index is 486. The van der Waals surface area contributed by atoms with Gasteiger partial charge in [0.2, 0.25) is 0 Å². The molecule has 3 nitrogen and oxygen atoms in total. The van der Waals surface area contributed by atoms with Gasteiger partial charge in [0.1, 0.15) is 11.8 Å². The molecule has 0 radical (unpaired) electrons. The molecule has 0 saturated carbocycles. The molecule has 0 aliphatic carbocycles. The highest BCUT2D eigenvalue weighted by Crippen LogP contribution is 2.07. The number of hydrogen-bond acceptors (Lipinski definition) is 3. The lowest BCUT2D eigenvalue weighted by atomic mass is 10.1. The molecule has 2 rings (SSSR count). The summed E-state index contributed by atoms with van der Waals surface area (Å²) in [6, 6.07) is 11.5. The van der Waals surface area contributed by atoms with Gasteiger partial charge in [-0.25, -0.2) is 4.98 Å². The fourth-order valence-corrected chi connectivity index (χ4v) is 1.36. The Labute approximate surface area is 88.1 Å². The zero-order valence-corrected chi connectivity index (χ0v) is 8.09. The van der Waals surface area contributed by atoms with Gasteiger partial charge in [-0.1, -0.05) is 6.07 Å². The maximum Gasteiger partial charge on any atom is 0.140 e. The number of rotatable bonds is 2. The highest BCUT2D eigenvalue weighted by atomic mass is 14.7. The van der Waals surface area contributed by atoms with E-state index in [0.29, 0.717) is 5.69 Å². The summed E-state index contributed by atoms with van der Waals surface area (Å²) >= 11 is 0. The average molecular weight is 195 g/mol. The summed E-state index contributed by atoms with van der Waals surface area (Å²) in [4.78, 5) is 8.14. The highest BCUT2D eigenvalue weighted by molar-refractivity contribution is 5.28. The third-order valence-corrected chi connectivity index (χ3v) is 2.05. The van der Waals surface area contributed by atoms with Crippen molar-refractivity contribution in [3.8, 4) is 6.07 Å². The van der Waals surface area contributed by atoms with Crippen LogP contribution in [0, 0.1) is 11.3 Å². The topological polar surface area (TPSA) is 49.6 Å². The van der Waals surface area contributed by atoms with Crippen LogP contribution in [0.4, 0.5) is 0 Å². The lowest BCUT2D eigenvalue weighted by Crippen LogP contribution is -1.92. The Morgan fingerprint density at radius 1 is 1.13 bits per heavy atom. The van der Waals surface area contributed by atoms with Crippen molar-refractivity contribution in [2.75, 3.05) is 0 Å². The van der Waals surface area contributed by atoms with Crippen molar-refractivity contribution in [1.29, 1.82) is 5.26 Å². The molecule has 72 valence electrons. The molecule has 2 aromatic heterocycles. The summed E-state index contributed by atoms with van der Waals surface area (Å²) < 4.78 is 0. The van der Waals surface area contributed by atoms with E-state index < -0.39 is 0 Å². The van der Waals surface area contributed by atoms with E-state index in [2.05, 4.69) is 9.97 Å². The average Bonchev–Trinajstić information content (AvgIpc) is 2.31. The first-order valence-corrected chi connectivity index (χ1v) is 4.63. The summed E-state index contributed by atoms with van der Waals surface area (Å²) in [5.74, 6) is 0. The molecular formula is C12H9N3. The summed E-state index contributed by atoms with van der Waals surface area (Å²) in [7, 11) is 0. The summed E-state index contributed by atoms with van der Waals surface area (Å²) in [6.45, 7) is 0. The van der Waals surface area contributed by atoms with Crippen molar-refractivity contribution in [3.63, 3.8) is 0 Å². The second-order valence-electron chi connectivity index (χ2n) is 3.16. The molecule has 2 heterocycles. The van der Waals surface area contributed by atoms with E-state index in [1.54, 1.807) is 18.5 Å². The SMILES string of the molecule is N#Cc1cc(Cc2ccccn2)ccn1. The summed E-state index contributed by atoms with van der Waals surface area (Å²) in [6.07, 6.45) is 4.15. The molecule has 0 fully saturated rings. The van der Waals surface area contributed by atoms with Crippen LogP contribution in [-0.4, -0.2) is 9.97 Å². The van der Waals surface area contributed by atoms with Gasteiger partial charge >= 0.3 is 0 Å². The molecule has 0 N–H and O–H groups in total. The molecule has 2 aromatic rings. The Morgan fingerprint density at radius 2 is 2.07 bits per heavy atom. The quantitative estimate of drug-likeness (QED) is 0.735. The van der Waals surface area contributed by atoms with Crippen LogP contribution in [0.1, 0.15) is 17.0 Å². The molecule has 3 heteroatoms. The fraction of sp³-hybridized carbons (Fsp3) is 0.0833. The molecule has 0 aromatic carbocycles. The van der Waals surface area contributed by atoms with Gasteiger partial charge < -0.3 is 0 Å². The monoisotopic (exact) mass is 195 g/mol. The molecule has 0 aliphatic heterocycles. The van der Waals surface area contributed by atoms with Gasteiger partial charge in [0.15, 0.2) is 0 Å². The minimum absolute atomic E-state index is 0.448. The van der Waals surface area contributed by atoms with Gasteiger partial charge in [-0.2, -0.15) is 5.26 Å². The zero-order chi connectivity index (χ0) is 10.5. The Hall–Kier alpha value is -2.21. The highest BCUT2D eigenvalue weighted by Gasteiger charge is 1.98. The largest absolute Gasteiger partial charge is 0.261 e. The fourth-order valence-electron chi connectivity index (χ4n) is 1.36. The van der Waals surface area contributed by atoms with E-state index in [4.69, 9.17) is 5.26 Å². The van der Waals surface area contributed by atoms with E-state index in [1.807, 2.05) is 30.3 Å². The lowest BCUT2D eigenvalue weighted by molar-refractivity contribution is 1.06. The number of nitrogens with zero attached hydrogens (tertiary/aromatic N) is 3. The summed E-state index contributed by atoms with van der Waals surface area (Å²) in [5.41, 5.74) is 2.50. The van der Waals surface area contributed by atoms with Crippen LogP contribution in [-0.2, 0) is 6.42 Å². The first-order chi connectivity index (χ1) is 7.38. The van der Waals surface area contributed by atoms with Crippen molar-refractivity contribution < 1.29 is 0 Å². The predicted octanol–water partition coefficient (Wildman–Crippen LogP) is 1.94. The number of nitriles is 1. The summed E-state index contributed by atoms with van der Waals surface area (Å²) in [5, 5.41) is 8.70. The molecule has 0 aliphatic rings. The number of aromatic nitrogens is 2. The van der Waals surface area contributed by atoms with Gasteiger partial charge in [0, 0.05) is 24.5 Å². The maximum absolute atomic E-state index is 8.70. The smallest absolute Gasteiger partial charge is 0.140 e. The Morgan fingerprint density at radius 3 is 2.80 bits per heavy atom. The van der Waals surface area contributed by atoms with Gasteiger partial charge in [-0.15, -0.1) is 0 Å². The number of pyridine rings is 2. The van der Waals surface area contributed by atoms with Crippen LogP contribution in [0.15, 0.2) is 42.7 Å². The zero-order valence-electron chi connectivity index (χ0n) is 8.09. The van der Waals surface area contributed by atoms with Crippen LogP contribution in [0.2, 0.25) is 0 Å². The second kappa shape index (κ2) is 4.34. The van der Waals surface area contributed by atoms with Crippen molar-refractivity contribution in [1.82, 2.24) is 9.97 Å². The molecular weight excluding hydrogens is 186 g/mol. The Balaban J connectivity index is 2.22. The lowest BCUT2D eigenvalue weighted by Gasteiger charge is -2.00. The molecule has 0 unspecified atom stereocenters. The molecule has 0 saturated heterocycles. The maximum atomic E-state index is 8.70. The number of hydrogen-bond donors (Lipinski definition) is 0. The molecule has 0 spiro atoms. The normalized spacial score (nSPS) is 9.53. The standard InChI is InChI=1S/C12H9N3/c13-9-12-8-10(4-6-15-12)7-11-3-1-2-5-14-11/h1-6,8H,7H2. The first-order valence-electron chi connectivity index (χ1n) is 4.63. The van der Waals surface area contributed by atoms with Crippen LogP contribution in [0.3, 0.4) is 0 Å².